The number of benzene rings is 1. The van der Waals surface area contributed by atoms with Crippen molar-refractivity contribution in [1.29, 1.82) is 0 Å². The Morgan fingerprint density at radius 3 is 2.28 bits per heavy atom. The van der Waals surface area contributed by atoms with Gasteiger partial charge in [0.25, 0.3) is 0 Å². The zero-order chi connectivity index (χ0) is 13.6. The molecule has 0 aromatic heterocycles. The normalized spacial score (nSPS) is 11.3. The molecule has 1 aromatic carbocycles. The summed E-state index contributed by atoms with van der Waals surface area (Å²) in [6, 6.07) is 7.72. The molecular weight excluding hydrogens is 248 g/mol. The Hall–Kier alpha value is -1.00. The van der Waals surface area contributed by atoms with Crippen LogP contribution in [0.1, 0.15) is 31.9 Å². The monoisotopic (exact) mass is 268 g/mol. The second-order valence-corrected chi connectivity index (χ2v) is 6.04. The van der Waals surface area contributed by atoms with Crippen LogP contribution in [-0.4, -0.2) is 22.4 Å². The Kier molecular flexibility index (Phi) is 5.69. The van der Waals surface area contributed by atoms with E-state index >= 15 is 0 Å². The van der Waals surface area contributed by atoms with Crippen molar-refractivity contribution in [2.24, 2.45) is 0 Å². The van der Waals surface area contributed by atoms with Crippen LogP contribution in [0.2, 0.25) is 0 Å². The van der Waals surface area contributed by atoms with E-state index in [1.807, 2.05) is 45.0 Å². The van der Waals surface area contributed by atoms with Gasteiger partial charge in [0.1, 0.15) is 5.60 Å². The third kappa shape index (κ3) is 6.07. The summed E-state index contributed by atoms with van der Waals surface area (Å²) in [5.74, 6) is 0.948. The minimum atomic E-state index is -0.416. The number of hydrogen-bond donors (Lipinski definition) is 1. The van der Waals surface area contributed by atoms with Crippen molar-refractivity contribution in [1.82, 2.24) is 0 Å². The lowest BCUT2D eigenvalue weighted by molar-refractivity contribution is -0.151. The summed E-state index contributed by atoms with van der Waals surface area (Å²) in [6.07, 6.45) is 0. The number of carbonyl (C=O) groups excluding carboxylic acids is 1. The van der Waals surface area contributed by atoms with E-state index in [0.717, 1.165) is 16.9 Å². The second kappa shape index (κ2) is 6.81. The van der Waals surface area contributed by atoms with Crippen LogP contribution in [0.15, 0.2) is 24.3 Å². The number of carbonyl (C=O) groups is 1. The molecule has 0 spiro atoms. The molecule has 0 aliphatic carbocycles. The quantitative estimate of drug-likeness (QED) is 0.834. The Morgan fingerprint density at radius 2 is 1.78 bits per heavy atom. The molecule has 0 unspecified atom stereocenters. The third-order valence-corrected chi connectivity index (χ3v) is 3.09. The smallest absolute Gasteiger partial charge is 0.316 e. The summed E-state index contributed by atoms with van der Waals surface area (Å²) in [5, 5.41) is 8.92. The van der Waals surface area contributed by atoms with E-state index < -0.39 is 5.60 Å². The maximum Gasteiger partial charge on any atom is 0.316 e. The highest BCUT2D eigenvalue weighted by Crippen LogP contribution is 2.15. The highest BCUT2D eigenvalue weighted by Gasteiger charge is 2.15. The van der Waals surface area contributed by atoms with Crippen molar-refractivity contribution in [2.75, 3.05) is 5.75 Å². The first-order chi connectivity index (χ1) is 8.40. The van der Waals surface area contributed by atoms with E-state index in [9.17, 15) is 4.79 Å². The standard InChI is InChI=1S/C14H20O3S/c1-14(2,3)17-13(16)10-18-9-12-6-4-11(8-15)5-7-12/h4-7,15H,8-10H2,1-3H3. The van der Waals surface area contributed by atoms with E-state index in [4.69, 9.17) is 9.84 Å². The maximum absolute atomic E-state index is 11.5. The number of aliphatic hydroxyl groups excluding tert-OH is 1. The van der Waals surface area contributed by atoms with Gasteiger partial charge in [0.05, 0.1) is 12.4 Å². The first-order valence-corrected chi connectivity index (χ1v) is 7.04. The summed E-state index contributed by atoms with van der Waals surface area (Å²) in [7, 11) is 0. The molecule has 0 heterocycles. The average molecular weight is 268 g/mol. The second-order valence-electron chi connectivity index (χ2n) is 5.05. The number of thioether (sulfide) groups is 1. The van der Waals surface area contributed by atoms with Gasteiger partial charge >= 0.3 is 5.97 Å². The van der Waals surface area contributed by atoms with Gasteiger partial charge in [0.15, 0.2) is 0 Å². The molecule has 0 fully saturated rings. The fourth-order valence-electron chi connectivity index (χ4n) is 1.36. The highest BCUT2D eigenvalue weighted by atomic mass is 32.2. The lowest BCUT2D eigenvalue weighted by Gasteiger charge is -2.19. The SMILES string of the molecule is CC(C)(C)OC(=O)CSCc1ccc(CO)cc1. The molecule has 0 aliphatic heterocycles. The van der Waals surface area contributed by atoms with E-state index in [1.165, 1.54) is 11.8 Å². The van der Waals surface area contributed by atoms with Crippen LogP contribution in [0.25, 0.3) is 0 Å². The van der Waals surface area contributed by atoms with Gasteiger partial charge < -0.3 is 9.84 Å². The Bertz CT molecular complexity index is 379. The molecular formula is C14H20O3S. The van der Waals surface area contributed by atoms with E-state index in [1.54, 1.807) is 0 Å². The molecule has 0 atom stereocenters. The minimum Gasteiger partial charge on any atom is -0.459 e. The van der Waals surface area contributed by atoms with Crippen LogP contribution in [0.4, 0.5) is 0 Å². The number of aliphatic hydroxyl groups is 1. The first kappa shape index (κ1) is 15.1. The molecule has 1 aromatic rings. The lowest BCUT2D eigenvalue weighted by atomic mass is 10.2. The van der Waals surface area contributed by atoms with Gasteiger partial charge in [-0.25, -0.2) is 0 Å². The van der Waals surface area contributed by atoms with Crippen LogP contribution in [0.5, 0.6) is 0 Å². The van der Waals surface area contributed by atoms with Crippen LogP contribution < -0.4 is 0 Å². The van der Waals surface area contributed by atoms with E-state index in [0.29, 0.717) is 5.75 Å². The fourth-order valence-corrected chi connectivity index (χ4v) is 2.12. The third-order valence-electron chi connectivity index (χ3n) is 2.11. The van der Waals surface area contributed by atoms with Gasteiger partial charge in [-0.05, 0) is 31.9 Å². The van der Waals surface area contributed by atoms with Crippen molar-refractivity contribution in [3.8, 4) is 0 Å². The molecule has 100 valence electrons. The zero-order valence-corrected chi connectivity index (χ0v) is 11.9. The summed E-state index contributed by atoms with van der Waals surface area (Å²) >= 11 is 1.53. The van der Waals surface area contributed by atoms with Crippen molar-refractivity contribution < 1.29 is 14.6 Å². The molecule has 1 rings (SSSR count). The summed E-state index contributed by atoms with van der Waals surface area (Å²) < 4.78 is 5.22. The van der Waals surface area contributed by atoms with Crippen LogP contribution in [-0.2, 0) is 21.9 Å². The Balaban J connectivity index is 2.30. The molecule has 18 heavy (non-hydrogen) atoms. The maximum atomic E-state index is 11.5. The number of esters is 1. The zero-order valence-electron chi connectivity index (χ0n) is 11.1. The van der Waals surface area contributed by atoms with Gasteiger partial charge in [0, 0.05) is 5.75 Å². The molecule has 4 heteroatoms. The van der Waals surface area contributed by atoms with Crippen molar-refractivity contribution in [3.63, 3.8) is 0 Å². The molecule has 0 radical (unpaired) electrons. The van der Waals surface area contributed by atoms with Crippen molar-refractivity contribution in [2.45, 2.75) is 38.7 Å². The van der Waals surface area contributed by atoms with Gasteiger partial charge in [0.2, 0.25) is 0 Å². The largest absolute Gasteiger partial charge is 0.459 e. The molecule has 1 N–H and O–H groups in total. The molecule has 0 saturated heterocycles. The van der Waals surface area contributed by atoms with Crippen molar-refractivity contribution in [3.05, 3.63) is 35.4 Å². The summed E-state index contributed by atoms with van der Waals surface area (Å²) in [6.45, 7) is 5.65. The minimum absolute atomic E-state index is 0.0608. The van der Waals surface area contributed by atoms with E-state index in [-0.39, 0.29) is 12.6 Å². The number of hydrogen-bond acceptors (Lipinski definition) is 4. The van der Waals surface area contributed by atoms with Gasteiger partial charge in [-0.2, -0.15) is 0 Å². The van der Waals surface area contributed by atoms with Crippen molar-refractivity contribution >= 4 is 17.7 Å². The van der Waals surface area contributed by atoms with Gasteiger partial charge in [-0.1, -0.05) is 24.3 Å². The van der Waals surface area contributed by atoms with Crippen LogP contribution >= 0.6 is 11.8 Å². The molecule has 0 amide bonds. The Morgan fingerprint density at radius 1 is 1.22 bits per heavy atom. The fraction of sp³-hybridized carbons (Fsp3) is 0.500. The average Bonchev–Trinajstić information content (AvgIpc) is 2.27. The lowest BCUT2D eigenvalue weighted by Crippen LogP contribution is -2.24. The number of ether oxygens (including phenoxy) is 1. The first-order valence-electron chi connectivity index (χ1n) is 5.89. The van der Waals surface area contributed by atoms with E-state index in [2.05, 4.69) is 0 Å². The topological polar surface area (TPSA) is 46.5 Å². The summed E-state index contributed by atoms with van der Waals surface area (Å²) in [4.78, 5) is 11.5. The molecule has 3 nitrogen and oxygen atoms in total. The van der Waals surface area contributed by atoms with Gasteiger partial charge in [-0.15, -0.1) is 11.8 Å². The molecule has 0 saturated carbocycles. The van der Waals surface area contributed by atoms with Crippen LogP contribution in [0.3, 0.4) is 0 Å². The molecule has 0 aliphatic rings. The van der Waals surface area contributed by atoms with Gasteiger partial charge in [-0.3, -0.25) is 4.79 Å². The number of rotatable bonds is 5. The highest BCUT2D eigenvalue weighted by molar-refractivity contribution is 7.99. The summed E-state index contributed by atoms with van der Waals surface area (Å²) in [5.41, 5.74) is 1.62. The van der Waals surface area contributed by atoms with Crippen LogP contribution in [0, 0.1) is 0 Å². The predicted molar refractivity (Wildman–Crippen MR) is 74.4 cm³/mol. The molecule has 0 bridgehead atoms. The Labute approximate surface area is 113 Å². The predicted octanol–water partition coefficient (Wildman–Crippen LogP) is 2.75.